The Hall–Kier alpha value is -7.38. The number of carbonyl (C=O) groups excluding carboxylic acids is 7. The maximum Gasteiger partial charge on any atom is 0.339 e. The summed E-state index contributed by atoms with van der Waals surface area (Å²) in [6.45, 7) is 7.36. The summed E-state index contributed by atoms with van der Waals surface area (Å²) in [4.78, 5) is 128. The summed E-state index contributed by atoms with van der Waals surface area (Å²) in [5.74, 6) is -5.84. The van der Waals surface area contributed by atoms with Gasteiger partial charge in [-0.25, -0.2) is 56.9 Å². The molecule has 0 saturated heterocycles. The van der Waals surface area contributed by atoms with Crippen molar-refractivity contribution in [1.82, 2.24) is 13.7 Å². The number of hydrogen-bond donors (Lipinski definition) is 0. The SMILES string of the molecule is C=C(C)C(=O)OCCOC(=O)c1ccccc1C(=O)OCCn1c(=O)n(CCOC(=O)CCCCCCC)c(=O)n(CCOC(=O)c2ccccc2C(=O)OCCOC(=O)C(=C)C)c1=O. The molecule has 0 spiro atoms. The van der Waals surface area contributed by atoms with Crippen molar-refractivity contribution >= 4 is 41.8 Å². The van der Waals surface area contributed by atoms with Crippen molar-refractivity contribution in [3.05, 3.63) is 127 Å². The summed E-state index contributed by atoms with van der Waals surface area (Å²) in [6.07, 6.45) is 4.54. The zero-order valence-corrected chi connectivity index (χ0v) is 36.6. The van der Waals surface area contributed by atoms with Crippen LogP contribution in [0.15, 0.2) is 87.2 Å². The van der Waals surface area contributed by atoms with Crippen LogP contribution in [-0.2, 0) is 67.2 Å². The predicted octanol–water partition coefficient (Wildman–Crippen LogP) is 3.34. The van der Waals surface area contributed by atoms with E-state index in [1.807, 2.05) is 0 Å². The lowest BCUT2D eigenvalue weighted by Gasteiger charge is -2.15. The number of unbranched alkanes of at least 4 members (excludes halogenated alkanes) is 4. The first-order valence-corrected chi connectivity index (χ1v) is 20.7. The van der Waals surface area contributed by atoms with Gasteiger partial charge in [-0.15, -0.1) is 0 Å². The second-order valence-electron chi connectivity index (χ2n) is 14.2. The van der Waals surface area contributed by atoms with Gasteiger partial charge in [-0.2, -0.15) is 0 Å². The Balaban J connectivity index is 1.78. The molecule has 0 unspecified atom stereocenters. The normalized spacial score (nSPS) is 10.6. The summed E-state index contributed by atoms with van der Waals surface area (Å²) < 4.78 is 37.7. The fourth-order valence-electron chi connectivity index (χ4n) is 5.68. The second kappa shape index (κ2) is 26.9. The molecular weight excluding hydrogens is 854 g/mol. The Kier molecular flexibility index (Phi) is 21.5. The van der Waals surface area contributed by atoms with E-state index in [9.17, 15) is 47.9 Å². The van der Waals surface area contributed by atoms with Crippen molar-refractivity contribution in [2.24, 2.45) is 0 Å². The zero-order chi connectivity index (χ0) is 47.9. The first-order chi connectivity index (χ1) is 31.1. The maximum atomic E-state index is 13.7. The molecule has 350 valence electrons. The molecule has 1 heterocycles. The zero-order valence-electron chi connectivity index (χ0n) is 36.6. The Morgan fingerprint density at radius 3 is 1.09 bits per heavy atom. The van der Waals surface area contributed by atoms with Gasteiger partial charge >= 0.3 is 58.9 Å². The van der Waals surface area contributed by atoms with Gasteiger partial charge in [-0.3, -0.25) is 4.79 Å². The lowest BCUT2D eigenvalue weighted by molar-refractivity contribution is -0.144. The Morgan fingerprint density at radius 2 is 0.754 bits per heavy atom. The molecule has 65 heavy (non-hydrogen) atoms. The van der Waals surface area contributed by atoms with Crippen molar-refractivity contribution in [2.75, 3.05) is 46.2 Å². The van der Waals surface area contributed by atoms with E-state index in [1.165, 1.54) is 62.4 Å². The number of benzene rings is 2. The lowest BCUT2D eigenvalue weighted by Crippen LogP contribution is -2.55. The number of esters is 7. The van der Waals surface area contributed by atoms with Crippen LogP contribution in [0.25, 0.3) is 0 Å². The number of aromatic nitrogens is 3. The molecule has 0 aliphatic heterocycles. The molecule has 0 fully saturated rings. The molecule has 0 aliphatic rings. The highest BCUT2D eigenvalue weighted by molar-refractivity contribution is 6.04. The van der Waals surface area contributed by atoms with Crippen molar-refractivity contribution in [2.45, 2.75) is 78.9 Å². The van der Waals surface area contributed by atoms with E-state index in [2.05, 4.69) is 20.1 Å². The summed E-state index contributed by atoms with van der Waals surface area (Å²) in [6, 6.07) is 11.0. The van der Waals surface area contributed by atoms with Crippen LogP contribution in [0.1, 0.15) is 101 Å². The molecule has 1 aromatic heterocycles. The predicted molar refractivity (Wildman–Crippen MR) is 229 cm³/mol. The van der Waals surface area contributed by atoms with Gasteiger partial charge in [-0.05, 0) is 44.5 Å². The molecule has 0 aliphatic carbocycles. The molecule has 0 atom stereocenters. The highest BCUT2D eigenvalue weighted by atomic mass is 16.6. The molecule has 3 aromatic rings. The smallest absolute Gasteiger partial charge is 0.339 e. The maximum absolute atomic E-state index is 13.7. The number of nitrogens with zero attached hydrogens (tertiary/aromatic N) is 3. The minimum Gasteiger partial charge on any atom is -0.464 e. The van der Waals surface area contributed by atoms with Crippen molar-refractivity contribution in [3.63, 3.8) is 0 Å². The molecule has 20 heteroatoms. The van der Waals surface area contributed by atoms with E-state index in [4.69, 9.17) is 33.2 Å². The van der Waals surface area contributed by atoms with Crippen molar-refractivity contribution < 1.29 is 66.7 Å². The van der Waals surface area contributed by atoms with Crippen LogP contribution in [0.3, 0.4) is 0 Å². The molecule has 0 saturated carbocycles. The minimum absolute atomic E-state index is 0.122. The fourth-order valence-corrected chi connectivity index (χ4v) is 5.68. The van der Waals surface area contributed by atoms with Gasteiger partial charge in [0.25, 0.3) is 0 Å². The van der Waals surface area contributed by atoms with Gasteiger partial charge in [0.2, 0.25) is 0 Å². The number of ether oxygens (including phenoxy) is 7. The van der Waals surface area contributed by atoms with Gasteiger partial charge in [0.05, 0.1) is 41.9 Å². The lowest BCUT2D eigenvalue weighted by atomic mass is 10.1. The van der Waals surface area contributed by atoms with Crippen LogP contribution in [0.2, 0.25) is 0 Å². The molecule has 0 N–H and O–H groups in total. The third-order valence-electron chi connectivity index (χ3n) is 9.07. The van der Waals surface area contributed by atoms with E-state index < -0.39 is 98.3 Å². The van der Waals surface area contributed by atoms with Crippen LogP contribution in [0.4, 0.5) is 0 Å². The molecule has 0 amide bonds. The summed E-state index contributed by atoms with van der Waals surface area (Å²) in [5.41, 5.74) is -3.95. The Labute approximate surface area is 373 Å². The monoisotopic (exact) mass is 907 g/mol. The van der Waals surface area contributed by atoms with Crippen LogP contribution in [-0.4, -0.2) is 102 Å². The topological polar surface area (TPSA) is 250 Å². The van der Waals surface area contributed by atoms with Crippen LogP contribution in [0.5, 0.6) is 0 Å². The third-order valence-corrected chi connectivity index (χ3v) is 9.07. The molecular formula is C45H53N3O17. The van der Waals surface area contributed by atoms with E-state index >= 15 is 0 Å². The summed E-state index contributed by atoms with van der Waals surface area (Å²) in [5, 5.41) is 0. The van der Waals surface area contributed by atoms with Crippen molar-refractivity contribution in [3.8, 4) is 0 Å². The third kappa shape index (κ3) is 16.4. The van der Waals surface area contributed by atoms with Crippen LogP contribution in [0, 0.1) is 0 Å². The molecule has 0 bridgehead atoms. The van der Waals surface area contributed by atoms with Gasteiger partial charge in [-0.1, -0.05) is 70.0 Å². The number of hydrogen-bond acceptors (Lipinski definition) is 17. The largest absolute Gasteiger partial charge is 0.464 e. The van der Waals surface area contributed by atoms with Gasteiger partial charge in [0.15, 0.2) is 0 Å². The molecule has 2 aromatic carbocycles. The summed E-state index contributed by atoms with van der Waals surface area (Å²) in [7, 11) is 0. The van der Waals surface area contributed by atoms with E-state index in [0.29, 0.717) is 20.1 Å². The molecule has 0 radical (unpaired) electrons. The fraction of sp³-hybridized carbons (Fsp3) is 0.422. The Morgan fingerprint density at radius 1 is 0.446 bits per heavy atom. The van der Waals surface area contributed by atoms with Crippen LogP contribution >= 0.6 is 0 Å². The summed E-state index contributed by atoms with van der Waals surface area (Å²) >= 11 is 0. The Bertz CT molecular complexity index is 2260. The second-order valence-corrected chi connectivity index (χ2v) is 14.2. The van der Waals surface area contributed by atoms with E-state index in [1.54, 1.807) is 0 Å². The van der Waals surface area contributed by atoms with Gasteiger partial charge < -0.3 is 33.2 Å². The highest BCUT2D eigenvalue weighted by Gasteiger charge is 2.23. The van der Waals surface area contributed by atoms with Gasteiger partial charge in [0, 0.05) is 17.6 Å². The molecule has 3 rings (SSSR count). The first-order valence-electron chi connectivity index (χ1n) is 20.7. The average molecular weight is 908 g/mol. The average Bonchev–Trinajstić information content (AvgIpc) is 3.29. The quantitative estimate of drug-likeness (QED) is 0.0460. The van der Waals surface area contributed by atoms with E-state index in [0.717, 1.165) is 25.7 Å². The van der Waals surface area contributed by atoms with Crippen molar-refractivity contribution in [1.29, 1.82) is 0 Å². The highest BCUT2D eigenvalue weighted by Crippen LogP contribution is 2.14. The van der Waals surface area contributed by atoms with Gasteiger partial charge in [0.1, 0.15) is 46.2 Å². The number of rotatable bonds is 27. The van der Waals surface area contributed by atoms with E-state index in [-0.39, 0.29) is 66.2 Å². The van der Waals surface area contributed by atoms with Crippen LogP contribution < -0.4 is 17.1 Å². The number of carbonyl (C=O) groups is 7. The standard InChI is InChI=1S/C45H53N3O17/c1-6-7-8-9-10-19-36(49)59-23-20-46-43(56)47(21-24-60-39(52)32-15-11-13-17-34(32)41(54)64-28-26-62-37(50)30(2)3)45(58)48(44(46)57)22-25-61-40(53)33-16-12-14-18-35(33)42(55)65-29-27-63-38(51)31(4)5/h11-18H,2,4,6-10,19-29H2,1,3,5H3. The molecule has 20 nitrogen and oxygen atoms in total. The minimum atomic E-state index is -1.17. The first kappa shape index (κ1) is 52.0.